The third-order valence-corrected chi connectivity index (χ3v) is 0.723. The number of aromatic nitrogens is 2. The largest absolute Gasteiger partial charge is 0.415 e. The van der Waals surface area contributed by atoms with E-state index in [4.69, 9.17) is 0 Å². The zero-order valence-electron chi connectivity index (χ0n) is 4.92. The summed E-state index contributed by atoms with van der Waals surface area (Å²) < 4.78 is 4.57. The molecule has 0 amide bonds. The summed E-state index contributed by atoms with van der Waals surface area (Å²) in [5, 5.41) is 6.10. The molecule has 1 N–H and O–H groups in total. The number of carbonyl (C=O) groups excluding carboxylic acids is 1. The summed E-state index contributed by atoms with van der Waals surface area (Å²) >= 11 is 0. The summed E-state index contributed by atoms with van der Waals surface area (Å²) in [5.74, 6) is -0.0513. The van der Waals surface area contributed by atoms with Gasteiger partial charge in [-0.2, -0.15) is 0 Å². The zero-order valence-corrected chi connectivity index (χ0v) is 4.92. The van der Waals surface area contributed by atoms with Gasteiger partial charge in [-0.3, -0.25) is 9.89 Å². The average Bonchev–Trinajstić information content (AvgIpc) is 2.15. The van der Waals surface area contributed by atoms with Gasteiger partial charge in [0, 0.05) is 12.3 Å². The Hall–Kier alpha value is -1.26. The van der Waals surface area contributed by atoms with Gasteiger partial charge in [0.25, 0.3) is 0 Å². The van der Waals surface area contributed by atoms with E-state index in [0.717, 1.165) is 0 Å². The van der Waals surface area contributed by atoms with Crippen LogP contribution in [0.1, 0.15) is 0 Å². The van der Waals surface area contributed by atoms with Crippen LogP contribution >= 0.6 is 0 Å². The first kappa shape index (κ1) is 5.87. The first-order chi connectivity index (χ1) is 4.29. The van der Waals surface area contributed by atoms with Gasteiger partial charge in [0.1, 0.15) is 0 Å². The summed E-state index contributed by atoms with van der Waals surface area (Å²) in [6.07, 6.45) is 1.58. The number of hydrogen-bond acceptors (Lipinski definition) is 3. The van der Waals surface area contributed by atoms with Crippen LogP contribution in [0.3, 0.4) is 0 Å². The maximum Gasteiger partial charge on any atom is 0.250 e. The molecule has 0 aliphatic carbocycles. The van der Waals surface area contributed by atoms with Crippen molar-refractivity contribution in [2.75, 3.05) is 0 Å². The second-order valence-corrected chi connectivity index (χ2v) is 1.51. The van der Waals surface area contributed by atoms with Crippen LogP contribution < -0.4 is 4.74 Å². The minimum atomic E-state index is -0.359. The minimum Gasteiger partial charge on any atom is -0.415 e. The van der Waals surface area contributed by atoms with Crippen molar-refractivity contribution in [1.82, 2.24) is 10.2 Å². The van der Waals surface area contributed by atoms with Crippen LogP contribution in [0.5, 0.6) is 5.88 Å². The topological polar surface area (TPSA) is 55.0 Å². The normalized spacial score (nSPS) is 8.89. The molecule has 5 heteroatoms. The molecule has 4 nitrogen and oxygen atoms in total. The highest BCUT2D eigenvalue weighted by atomic mass is 16.5. The van der Waals surface area contributed by atoms with Crippen LogP contribution in [-0.4, -0.2) is 23.9 Å². The SMILES string of the molecule is BC(=O)Oc1cc[nH]n1. The van der Waals surface area contributed by atoms with Crippen molar-refractivity contribution in [1.29, 1.82) is 0 Å². The molecular formula is C4H5BN2O2. The van der Waals surface area contributed by atoms with Crippen LogP contribution in [0.4, 0.5) is 4.79 Å². The van der Waals surface area contributed by atoms with Gasteiger partial charge in [0.15, 0.2) is 0 Å². The number of aromatic amines is 1. The van der Waals surface area contributed by atoms with Crippen LogP contribution in [0.25, 0.3) is 0 Å². The lowest BCUT2D eigenvalue weighted by atomic mass is 10.2. The van der Waals surface area contributed by atoms with E-state index in [0.29, 0.717) is 5.88 Å². The predicted octanol–water partition coefficient (Wildman–Crippen LogP) is -0.458. The maximum absolute atomic E-state index is 10.2. The van der Waals surface area contributed by atoms with Crippen molar-refractivity contribution in [3.8, 4) is 5.88 Å². The van der Waals surface area contributed by atoms with Crippen molar-refractivity contribution in [2.24, 2.45) is 0 Å². The van der Waals surface area contributed by atoms with E-state index in [9.17, 15) is 4.79 Å². The lowest BCUT2D eigenvalue weighted by Crippen LogP contribution is -2.03. The van der Waals surface area contributed by atoms with Crippen LogP contribution in [-0.2, 0) is 0 Å². The fraction of sp³-hybridized carbons (Fsp3) is 0. The second-order valence-electron chi connectivity index (χ2n) is 1.51. The van der Waals surface area contributed by atoms with E-state index in [1.807, 2.05) is 0 Å². The molecule has 0 atom stereocenters. The van der Waals surface area contributed by atoms with Gasteiger partial charge >= 0.3 is 0 Å². The smallest absolute Gasteiger partial charge is 0.250 e. The average molecular weight is 124 g/mol. The van der Waals surface area contributed by atoms with E-state index < -0.39 is 0 Å². The number of ether oxygens (including phenoxy) is 1. The molecule has 0 aromatic carbocycles. The minimum absolute atomic E-state index is 0.308. The molecule has 0 saturated heterocycles. The van der Waals surface area contributed by atoms with E-state index in [1.54, 1.807) is 12.3 Å². The van der Waals surface area contributed by atoms with Gasteiger partial charge < -0.3 is 4.74 Å². The van der Waals surface area contributed by atoms with Gasteiger partial charge in [-0.25, -0.2) is 0 Å². The van der Waals surface area contributed by atoms with Crippen LogP contribution in [0.2, 0.25) is 0 Å². The van der Waals surface area contributed by atoms with Crippen molar-refractivity contribution >= 4 is 13.7 Å². The summed E-state index contributed by atoms with van der Waals surface area (Å²) in [6, 6.07) is 1.57. The third-order valence-electron chi connectivity index (χ3n) is 0.723. The summed E-state index contributed by atoms with van der Waals surface area (Å²) in [7, 11) is 1.33. The van der Waals surface area contributed by atoms with Crippen molar-refractivity contribution in [3.63, 3.8) is 0 Å². The highest BCUT2D eigenvalue weighted by Gasteiger charge is 1.96. The van der Waals surface area contributed by atoms with E-state index >= 15 is 0 Å². The zero-order chi connectivity index (χ0) is 6.69. The van der Waals surface area contributed by atoms with Crippen molar-refractivity contribution in [2.45, 2.75) is 0 Å². The Bertz CT molecular complexity index is 196. The molecule has 0 saturated carbocycles. The summed E-state index contributed by atoms with van der Waals surface area (Å²) in [5.41, 5.74) is 0. The summed E-state index contributed by atoms with van der Waals surface area (Å²) in [4.78, 5) is 10.2. The quantitative estimate of drug-likeness (QED) is 0.515. The molecule has 1 aromatic heterocycles. The van der Waals surface area contributed by atoms with Crippen LogP contribution in [0, 0.1) is 0 Å². The molecule has 0 unspecified atom stereocenters. The maximum atomic E-state index is 10.2. The molecule has 0 fully saturated rings. The molecule has 1 heterocycles. The van der Waals surface area contributed by atoms with Gasteiger partial charge in [-0.1, -0.05) is 0 Å². The van der Waals surface area contributed by atoms with Crippen molar-refractivity contribution < 1.29 is 9.53 Å². The molecule has 0 aliphatic rings. The molecule has 0 bridgehead atoms. The third kappa shape index (κ3) is 1.60. The number of carbonyl (C=O) groups is 1. The highest BCUT2D eigenvalue weighted by Crippen LogP contribution is 2.00. The first-order valence-corrected chi connectivity index (χ1v) is 2.47. The monoisotopic (exact) mass is 124 g/mol. The number of H-pyrrole nitrogens is 1. The van der Waals surface area contributed by atoms with Crippen LogP contribution in [0.15, 0.2) is 12.3 Å². The van der Waals surface area contributed by atoms with Crippen molar-refractivity contribution in [3.05, 3.63) is 12.3 Å². The molecular weight excluding hydrogens is 119 g/mol. The Kier molecular flexibility index (Phi) is 1.53. The predicted molar refractivity (Wildman–Crippen MR) is 33.2 cm³/mol. The second kappa shape index (κ2) is 2.34. The Morgan fingerprint density at radius 1 is 1.89 bits per heavy atom. The number of nitrogens with zero attached hydrogens (tertiary/aromatic N) is 1. The first-order valence-electron chi connectivity index (χ1n) is 2.47. The summed E-state index contributed by atoms with van der Waals surface area (Å²) in [6.45, 7) is 0. The lowest BCUT2D eigenvalue weighted by Gasteiger charge is -1.90. The van der Waals surface area contributed by atoms with Gasteiger partial charge in [0.2, 0.25) is 19.6 Å². The molecule has 9 heavy (non-hydrogen) atoms. The lowest BCUT2D eigenvalue weighted by molar-refractivity contribution is 0.223. The van der Waals surface area contributed by atoms with Gasteiger partial charge in [-0.15, -0.1) is 5.10 Å². The Labute approximate surface area is 52.6 Å². The van der Waals surface area contributed by atoms with E-state index in [2.05, 4.69) is 14.9 Å². The molecule has 0 spiro atoms. The molecule has 0 radical (unpaired) electrons. The highest BCUT2D eigenvalue weighted by molar-refractivity contribution is 6.55. The Balaban J connectivity index is 2.58. The standard InChI is InChI=1S/C4H5BN2O2/c5-4(8)9-3-1-2-6-7-3/h1-2H,5H2,(H,6,7). The van der Waals surface area contributed by atoms with E-state index in [1.165, 1.54) is 7.85 Å². The molecule has 0 aliphatic heterocycles. The fourth-order valence-electron chi connectivity index (χ4n) is 0.451. The van der Waals surface area contributed by atoms with Gasteiger partial charge in [-0.05, 0) is 0 Å². The number of nitrogens with one attached hydrogen (secondary N) is 1. The fourth-order valence-corrected chi connectivity index (χ4v) is 0.451. The molecule has 46 valence electrons. The number of hydrogen-bond donors (Lipinski definition) is 1. The molecule has 1 aromatic rings. The van der Waals surface area contributed by atoms with E-state index in [-0.39, 0.29) is 5.87 Å². The molecule has 1 rings (SSSR count). The number of rotatable bonds is 1. The Morgan fingerprint density at radius 3 is 3.11 bits per heavy atom. The van der Waals surface area contributed by atoms with Gasteiger partial charge in [0.05, 0.1) is 0 Å². The Morgan fingerprint density at radius 2 is 2.67 bits per heavy atom.